The van der Waals surface area contributed by atoms with Crippen LogP contribution in [0.25, 0.3) is 0 Å². The molecule has 0 aromatic carbocycles. The minimum Gasteiger partial charge on any atom is -0.468 e. The van der Waals surface area contributed by atoms with Gasteiger partial charge >= 0.3 is 5.97 Å². The van der Waals surface area contributed by atoms with E-state index in [1.54, 1.807) is 0 Å². The number of methoxy groups -OCH3 is 1. The SMILES string of the molecule is COC(=O)CNC(=O)CNC(=O)[C@@H](N)CCCCN. The fraction of sp³-hybridized carbons (Fsp3) is 0.727. The molecule has 8 heteroatoms. The molecule has 6 N–H and O–H groups in total. The highest BCUT2D eigenvalue weighted by molar-refractivity contribution is 5.88. The minimum absolute atomic E-state index is 0.222. The summed E-state index contributed by atoms with van der Waals surface area (Å²) in [6.07, 6.45) is 2.09. The second kappa shape index (κ2) is 10.3. The summed E-state index contributed by atoms with van der Waals surface area (Å²) in [5, 5.41) is 4.69. The number of nitrogens with one attached hydrogen (secondary N) is 2. The van der Waals surface area contributed by atoms with Crippen LogP contribution in [0.5, 0.6) is 0 Å². The summed E-state index contributed by atoms with van der Waals surface area (Å²) in [7, 11) is 1.22. The topological polar surface area (TPSA) is 137 Å². The van der Waals surface area contributed by atoms with Crippen molar-refractivity contribution in [1.29, 1.82) is 0 Å². The van der Waals surface area contributed by atoms with Gasteiger partial charge in [0.15, 0.2) is 0 Å². The van der Waals surface area contributed by atoms with E-state index in [2.05, 4.69) is 15.4 Å². The van der Waals surface area contributed by atoms with E-state index in [0.29, 0.717) is 13.0 Å². The summed E-state index contributed by atoms with van der Waals surface area (Å²) in [6.45, 7) is 0.110. The minimum atomic E-state index is -0.653. The first-order chi connectivity index (χ1) is 9.01. The smallest absolute Gasteiger partial charge is 0.325 e. The Morgan fingerprint density at radius 2 is 1.84 bits per heavy atom. The monoisotopic (exact) mass is 274 g/mol. The number of ether oxygens (including phenoxy) is 1. The van der Waals surface area contributed by atoms with Crippen LogP contribution in [0.2, 0.25) is 0 Å². The van der Waals surface area contributed by atoms with Gasteiger partial charge in [0, 0.05) is 0 Å². The van der Waals surface area contributed by atoms with Crippen LogP contribution in [0.1, 0.15) is 19.3 Å². The first-order valence-corrected chi connectivity index (χ1v) is 6.08. The van der Waals surface area contributed by atoms with Crippen LogP contribution in [0.3, 0.4) is 0 Å². The zero-order valence-corrected chi connectivity index (χ0v) is 11.1. The molecule has 0 spiro atoms. The molecule has 0 radical (unpaired) electrons. The number of unbranched alkanes of at least 4 members (excludes halogenated alkanes) is 1. The Labute approximate surface area is 112 Å². The van der Waals surface area contributed by atoms with Crippen molar-refractivity contribution in [3.05, 3.63) is 0 Å². The van der Waals surface area contributed by atoms with Gasteiger partial charge in [-0.3, -0.25) is 14.4 Å². The Bertz CT molecular complexity index is 309. The highest BCUT2D eigenvalue weighted by atomic mass is 16.5. The lowest BCUT2D eigenvalue weighted by Gasteiger charge is -2.11. The highest BCUT2D eigenvalue weighted by Gasteiger charge is 2.14. The Balaban J connectivity index is 3.76. The van der Waals surface area contributed by atoms with E-state index in [4.69, 9.17) is 11.5 Å². The molecule has 0 heterocycles. The van der Waals surface area contributed by atoms with Gasteiger partial charge in [-0.15, -0.1) is 0 Å². The molecule has 0 aliphatic heterocycles. The Morgan fingerprint density at radius 1 is 1.16 bits per heavy atom. The summed E-state index contributed by atoms with van der Waals surface area (Å²) in [4.78, 5) is 33.5. The molecular weight excluding hydrogens is 252 g/mol. The lowest BCUT2D eigenvalue weighted by molar-refractivity contribution is -0.141. The molecule has 0 aromatic rings. The molecule has 0 aliphatic carbocycles. The molecule has 0 aliphatic rings. The van der Waals surface area contributed by atoms with E-state index in [9.17, 15) is 14.4 Å². The van der Waals surface area contributed by atoms with Gasteiger partial charge in [-0.05, 0) is 19.4 Å². The van der Waals surface area contributed by atoms with Crippen LogP contribution in [0.4, 0.5) is 0 Å². The summed E-state index contributed by atoms with van der Waals surface area (Å²) >= 11 is 0. The number of esters is 1. The van der Waals surface area contributed by atoms with Crippen LogP contribution >= 0.6 is 0 Å². The first-order valence-electron chi connectivity index (χ1n) is 6.08. The molecule has 19 heavy (non-hydrogen) atoms. The number of carbonyl (C=O) groups excluding carboxylic acids is 3. The Hall–Kier alpha value is -1.67. The quantitative estimate of drug-likeness (QED) is 0.279. The van der Waals surface area contributed by atoms with Gasteiger partial charge in [-0.1, -0.05) is 6.42 Å². The van der Waals surface area contributed by atoms with Crippen molar-refractivity contribution in [2.24, 2.45) is 11.5 Å². The maximum Gasteiger partial charge on any atom is 0.325 e. The number of carbonyl (C=O) groups is 3. The number of nitrogens with two attached hydrogens (primary N) is 2. The average molecular weight is 274 g/mol. The van der Waals surface area contributed by atoms with Crippen molar-refractivity contribution in [3.8, 4) is 0 Å². The van der Waals surface area contributed by atoms with E-state index < -0.39 is 23.8 Å². The molecule has 8 nitrogen and oxygen atoms in total. The molecule has 0 fully saturated rings. The normalized spacial score (nSPS) is 11.5. The molecule has 0 aromatic heterocycles. The Morgan fingerprint density at radius 3 is 2.42 bits per heavy atom. The zero-order valence-electron chi connectivity index (χ0n) is 11.1. The van der Waals surface area contributed by atoms with E-state index >= 15 is 0 Å². The summed E-state index contributed by atoms with van der Waals surface area (Å²) in [6, 6.07) is -0.653. The third-order valence-electron chi connectivity index (χ3n) is 2.39. The zero-order chi connectivity index (χ0) is 14.7. The molecule has 2 amide bonds. The van der Waals surface area contributed by atoms with E-state index in [0.717, 1.165) is 12.8 Å². The molecular formula is C11H22N4O4. The van der Waals surface area contributed by atoms with Gasteiger partial charge in [0.1, 0.15) is 6.54 Å². The molecule has 0 rings (SSSR count). The number of amides is 2. The Kier molecular flexibility index (Phi) is 9.37. The first kappa shape index (κ1) is 17.3. The van der Waals surface area contributed by atoms with E-state index in [-0.39, 0.29) is 13.1 Å². The highest BCUT2D eigenvalue weighted by Crippen LogP contribution is 1.97. The fourth-order valence-electron chi connectivity index (χ4n) is 1.24. The summed E-state index contributed by atoms with van der Waals surface area (Å²) in [5.74, 6) is -1.43. The molecule has 0 bridgehead atoms. The molecule has 1 atom stereocenters. The third kappa shape index (κ3) is 8.97. The molecule has 0 unspecified atom stereocenters. The van der Waals surface area contributed by atoms with Gasteiger partial charge in [-0.25, -0.2) is 0 Å². The molecule has 0 saturated carbocycles. The van der Waals surface area contributed by atoms with Crippen LogP contribution in [0.15, 0.2) is 0 Å². The molecule has 0 saturated heterocycles. The molecule has 110 valence electrons. The van der Waals surface area contributed by atoms with Crippen LogP contribution in [0, 0.1) is 0 Å². The number of hydrogen-bond donors (Lipinski definition) is 4. The van der Waals surface area contributed by atoms with Gasteiger partial charge < -0.3 is 26.8 Å². The second-order valence-corrected chi connectivity index (χ2v) is 3.96. The van der Waals surface area contributed by atoms with Crippen molar-refractivity contribution in [2.45, 2.75) is 25.3 Å². The van der Waals surface area contributed by atoms with Gasteiger partial charge in [0.2, 0.25) is 11.8 Å². The predicted molar refractivity (Wildman–Crippen MR) is 68.9 cm³/mol. The lowest BCUT2D eigenvalue weighted by Crippen LogP contribution is -2.45. The maximum atomic E-state index is 11.5. The van der Waals surface area contributed by atoms with Crippen molar-refractivity contribution in [2.75, 3.05) is 26.7 Å². The average Bonchev–Trinajstić information content (AvgIpc) is 2.41. The second-order valence-electron chi connectivity index (χ2n) is 3.96. The van der Waals surface area contributed by atoms with Gasteiger partial charge in [0.25, 0.3) is 0 Å². The van der Waals surface area contributed by atoms with Gasteiger partial charge in [0.05, 0.1) is 19.7 Å². The van der Waals surface area contributed by atoms with Crippen molar-refractivity contribution in [1.82, 2.24) is 10.6 Å². The number of rotatable bonds is 9. The van der Waals surface area contributed by atoms with Gasteiger partial charge in [-0.2, -0.15) is 0 Å². The summed E-state index contributed by atoms with van der Waals surface area (Å²) in [5.41, 5.74) is 11.0. The van der Waals surface area contributed by atoms with Crippen LogP contribution in [-0.2, 0) is 19.1 Å². The summed E-state index contributed by atoms with van der Waals surface area (Å²) < 4.78 is 4.35. The standard InChI is InChI=1S/C11H22N4O4/c1-19-10(17)7-14-9(16)6-15-11(18)8(13)4-2-3-5-12/h8H,2-7,12-13H2,1H3,(H,14,16)(H,15,18)/t8-/m0/s1. The van der Waals surface area contributed by atoms with Crippen LogP contribution < -0.4 is 22.1 Å². The van der Waals surface area contributed by atoms with Crippen LogP contribution in [-0.4, -0.2) is 50.6 Å². The lowest BCUT2D eigenvalue weighted by atomic mass is 10.1. The maximum absolute atomic E-state index is 11.5. The van der Waals surface area contributed by atoms with Crippen molar-refractivity contribution >= 4 is 17.8 Å². The fourth-order valence-corrected chi connectivity index (χ4v) is 1.24. The van der Waals surface area contributed by atoms with E-state index in [1.165, 1.54) is 7.11 Å². The predicted octanol–water partition coefficient (Wildman–Crippen LogP) is -2.15. The van der Waals surface area contributed by atoms with E-state index in [1.807, 2.05) is 0 Å². The number of hydrogen-bond acceptors (Lipinski definition) is 6. The third-order valence-corrected chi connectivity index (χ3v) is 2.39. The van der Waals surface area contributed by atoms with Crippen molar-refractivity contribution < 1.29 is 19.1 Å². The van der Waals surface area contributed by atoms with Crippen molar-refractivity contribution in [3.63, 3.8) is 0 Å². The largest absolute Gasteiger partial charge is 0.468 e.